The second-order valence-corrected chi connectivity index (χ2v) is 5.44. The Labute approximate surface area is 128 Å². The van der Waals surface area contributed by atoms with Crippen LogP contribution in [0, 0.1) is 6.92 Å². The molecule has 0 saturated carbocycles. The fraction of sp³-hybridized carbons (Fsp3) is 0.267. The average Bonchev–Trinajstić information content (AvgIpc) is 2.92. The molecule has 1 N–H and O–H groups in total. The van der Waals surface area contributed by atoms with Gasteiger partial charge in [0.25, 0.3) is 5.78 Å². The number of halogens is 1. The van der Waals surface area contributed by atoms with Gasteiger partial charge in [0.2, 0.25) is 0 Å². The van der Waals surface area contributed by atoms with E-state index in [9.17, 15) is 0 Å². The van der Waals surface area contributed by atoms with E-state index in [2.05, 4.69) is 39.4 Å². The Hall–Kier alpha value is -2.14. The molecule has 3 rings (SSSR count). The van der Waals surface area contributed by atoms with Crippen molar-refractivity contribution < 1.29 is 0 Å². The van der Waals surface area contributed by atoms with Crippen LogP contribution in [0.25, 0.3) is 5.78 Å². The quantitative estimate of drug-likeness (QED) is 0.752. The third kappa shape index (κ3) is 2.83. The number of fused-ring (bicyclic) bond motifs is 1. The topological polar surface area (TPSA) is 55.1 Å². The molecule has 0 spiro atoms. The molecule has 1 unspecified atom stereocenters. The van der Waals surface area contributed by atoms with Gasteiger partial charge in [-0.05, 0) is 25.8 Å². The van der Waals surface area contributed by atoms with Gasteiger partial charge < -0.3 is 5.32 Å². The van der Waals surface area contributed by atoms with Gasteiger partial charge in [-0.3, -0.25) is 0 Å². The molecule has 1 atom stereocenters. The Kier molecular flexibility index (Phi) is 3.75. The number of nitrogens with one attached hydrogen (secondary N) is 1. The van der Waals surface area contributed by atoms with Crippen molar-refractivity contribution in [3.05, 3.63) is 52.9 Å². The SMILES string of the molecule is Cc1c(Cl)nc2ncnn2c1NC(C)Cc1ccccc1. The summed E-state index contributed by atoms with van der Waals surface area (Å²) < 4.78 is 1.68. The Morgan fingerprint density at radius 1 is 1.29 bits per heavy atom. The molecule has 0 bridgehead atoms. The van der Waals surface area contributed by atoms with Gasteiger partial charge in [0.15, 0.2) is 0 Å². The van der Waals surface area contributed by atoms with Gasteiger partial charge in [-0.1, -0.05) is 41.9 Å². The standard InChI is InChI=1S/C15H16ClN5/c1-10(8-12-6-4-3-5-7-12)19-14-11(2)13(16)20-15-17-9-18-21(14)15/h3-7,9-10,19H,8H2,1-2H3. The summed E-state index contributed by atoms with van der Waals surface area (Å²) in [6, 6.07) is 10.6. The first-order valence-electron chi connectivity index (χ1n) is 6.81. The van der Waals surface area contributed by atoms with Crippen LogP contribution in [0.15, 0.2) is 36.7 Å². The minimum atomic E-state index is 0.233. The maximum absolute atomic E-state index is 6.16. The first-order valence-corrected chi connectivity index (χ1v) is 7.19. The minimum absolute atomic E-state index is 0.233. The van der Waals surface area contributed by atoms with Gasteiger partial charge in [0, 0.05) is 11.6 Å². The second-order valence-electron chi connectivity index (χ2n) is 5.08. The first-order chi connectivity index (χ1) is 10.1. The largest absolute Gasteiger partial charge is 0.367 e. The summed E-state index contributed by atoms with van der Waals surface area (Å²) in [4.78, 5) is 8.29. The van der Waals surface area contributed by atoms with E-state index in [1.807, 2.05) is 25.1 Å². The van der Waals surface area contributed by atoms with Crippen LogP contribution in [-0.4, -0.2) is 25.6 Å². The van der Waals surface area contributed by atoms with Crippen molar-refractivity contribution in [2.24, 2.45) is 0 Å². The van der Waals surface area contributed by atoms with Crippen molar-refractivity contribution >= 4 is 23.2 Å². The molecule has 0 aliphatic carbocycles. The van der Waals surface area contributed by atoms with E-state index in [1.54, 1.807) is 4.52 Å². The zero-order valence-electron chi connectivity index (χ0n) is 11.9. The van der Waals surface area contributed by atoms with Crippen molar-refractivity contribution in [2.45, 2.75) is 26.3 Å². The predicted molar refractivity (Wildman–Crippen MR) is 83.8 cm³/mol. The Morgan fingerprint density at radius 2 is 2.05 bits per heavy atom. The summed E-state index contributed by atoms with van der Waals surface area (Å²) in [6.45, 7) is 4.05. The van der Waals surface area contributed by atoms with E-state index in [0.29, 0.717) is 10.9 Å². The summed E-state index contributed by atoms with van der Waals surface area (Å²) in [7, 11) is 0. The normalized spacial score (nSPS) is 12.5. The molecule has 0 aliphatic rings. The highest BCUT2D eigenvalue weighted by molar-refractivity contribution is 6.30. The third-order valence-electron chi connectivity index (χ3n) is 3.37. The zero-order chi connectivity index (χ0) is 14.8. The fourth-order valence-electron chi connectivity index (χ4n) is 2.32. The number of benzene rings is 1. The molecule has 0 saturated heterocycles. The summed E-state index contributed by atoms with van der Waals surface area (Å²) in [5.74, 6) is 1.34. The van der Waals surface area contributed by atoms with E-state index < -0.39 is 0 Å². The molecule has 1 aromatic carbocycles. The van der Waals surface area contributed by atoms with Crippen LogP contribution in [0.2, 0.25) is 5.15 Å². The van der Waals surface area contributed by atoms with Gasteiger partial charge in [0.1, 0.15) is 17.3 Å². The van der Waals surface area contributed by atoms with Gasteiger partial charge in [-0.2, -0.15) is 19.6 Å². The minimum Gasteiger partial charge on any atom is -0.367 e. The number of rotatable bonds is 4. The second kappa shape index (κ2) is 5.69. The molecule has 2 heterocycles. The molecule has 0 amide bonds. The highest BCUT2D eigenvalue weighted by Crippen LogP contribution is 2.23. The van der Waals surface area contributed by atoms with Gasteiger partial charge in [-0.15, -0.1) is 0 Å². The van der Waals surface area contributed by atoms with Crippen LogP contribution in [-0.2, 0) is 6.42 Å². The van der Waals surface area contributed by atoms with Gasteiger partial charge in [0.05, 0.1) is 0 Å². The third-order valence-corrected chi connectivity index (χ3v) is 3.74. The lowest BCUT2D eigenvalue weighted by atomic mass is 10.1. The molecule has 108 valence electrons. The number of hydrogen-bond donors (Lipinski definition) is 1. The highest BCUT2D eigenvalue weighted by Gasteiger charge is 2.14. The lowest BCUT2D eigenvalue weighted by molar-refractivity contribution is 0.768. The molecule has 2 aromatic heterocycles. The van der Waals surface area contributed by atoms with Gasteiger partial charge >= 0.3 is 0 Å². The fourth-order valence-corrected chi connectivity index (χ4v) is 2.48. The molecule has 0 radical (unpaired) electrons. The van der Waals surface area contributed by atoms with Crippen molar-refractivity contribution in [3.63, 3.8) is 0 Å². The maximum Gasteiger partial charge on any atom is 0.255 e. The van der Waals surface area contributed by atoms with Crippen molar-refractivity contribution in [3.8, 4) is 0 Å². The molecular weight excluding hydrogens is 286 g/mol. The van der Waals surface area contributed by atoms with E-state index in [-0.39, 0.29) is 6.04 Å². The summed E-state index contributed by atoms with van der Waals surface area (Å²) >= 11 is 6.16. The summed E-state index contributed by atoms with van der Waals surface area (Å²) in [5, 5.41) is 8.12. The van der Waals surface area contributed by atoms with E-state index in [4.69, 9.17) is 11.6 Å². The van der Waals surface area contributed by atoms with Crippen LogP contribution >= 0.6 is 11.6 Å². The molecule has 0 fully saturated rings. The van der Waals surface area contributed by atoms with Gasteiger partial charge in [-0.25, -0.2) is 0 Å². The Bertz CT molecular complexity index is 753. The zero-order valence-corrected chi connectivity index (χ0v) is 12.7. The highest BCUT2D eigenvalue weighted by atomic mass is 35.5. The number of anilines is 1. The molecule has 21 heavy (non-hydrogen) atoms. The van der Waals surface area contributed by atoms with Crippen molar-refractivity contribution in [1.82, 2.24) is 19.6 Å². The molecule has 6 heteroatoms. The molecule has 0 aliphatic heterocycles. The molecule has 3 aromatic rings. The van der Waals surface area contributed by atoms with Crippen molar-refractivity contribution in [2.75, 3.05) is 5.32 Å². The molecular formula is C15H16ClN5. The maximum atomic E-state index is 6.16. The Morgan fingerprint density at radius 3 is 2.81 bits per heavy atom. The van der Waals surface area contributed by atoms with E-state index in [0.717, 1.165) is 17.8 Å². The number of aromatic nitrogens is 4. The smallest absolute Gasteiger partial charge is 0.255 e. The van der Waals surface area contributed by atoms with Crippen LogP contribution in [0.5, 0.6) is 0 Å². The summed E-state index contributed by atoms with van der Waals surface area (Å²) in [6.07, 6.45) is 2.39. The lowest BCUT2D eigenvalue weighted by Crippen LogP contribution is -2.21. The Balaban J connectivity index is 1.87. The first kappa shape index (κ1) is 13.8. The lowest BCUT2D eigenvalue weighted by Gasteiger charge is -2.18. The predicted octanol–water partition coefficient (Wildman–Crippen LogP) is 3.13. The number of nitrogens with zero attached hydrogens (tertiary/aromatic N) is 4. The molecule has 5 nitrogen and oxygen atoms in total. The van der Waals surface area contributed by atoms with E-state index >= 15 is 0 Å². The van der Waals surface area contributed by atoms with Crippen LogP contribution in [0.3, 0.4) is 0 Å². The van der Waals surface area contributed by atoms with Crippen LogP contribution in [0.1, 0.15) is 18.1 Å². The van der Waals surface area contributed by atoms with E-state index in [1.165, 1.54) is 11.9 Å². The number of hydrogen-bond acceptors (Lipinski definition) is 4. The van der Waals surface area contributed by atoms with Crippen LogP contribution in [0.4, 0.5) is 5.82 Å². The summed E-state index contributed by atoms with van der Waals surface area (Å²) in [5.41, 5.74) is 2.15. The van der Waals surface area contributed by atoms with Crippen LogP contribution < -0.4 is 5.32 Å². The van der Waals surface area contributed by atoms with Crippen molar-refractivity contribution in [1.29, 1.82) is 0 Å². The monoisotopic (exact) mass is 301 g/mol. The average molecular weight is 302 g/mol.